The van der Waals surface area contributed by atoms with Crippen molar-refractivity contribution in [2.75, 3.05) is 12.4 Å². The molecule has 82 valence electrons. The molecular formula is C12H12FN3. The van der Waals surface area contributed by atoms with Gasteiger partial charge in [0.1, 0.15) is 11.5 Å². The minimum atomic E-state index is -0.289. The third kappa shape index (κ3) is 1.86. The van der Waals surface area contributed by atoms with Crippen molar-refractivity contribution in [2.24, 2.45) is 0 Å². The molecule has 4 heteroatoms. The molecule has 0 saturated carbocycles. The van der Waals surface area contributed by atoms with E-state index in [1.807, 2.05) is 6.92 Å². The Hall–Kier alpha value is -1.97. The first kappa shape index (κ1) is 10.5. The number of halogens is 1. The van der Waals surface area contributed by atoms with Crippen LogP contribution in [0.1, 0.15) is 5.56 Å². The minimum absolute atomic E-state index is 0.289. The Morgan fingerprint density at radius 2 is 1.94 bits per heavy atom. The average Bonchev–Trinajstić information content (AvgIpc) is 2.32. The van der Waals surface area contributed by atoms with Crippen LogP contribution in [0.15, 0.2) is 30.6 Å². The first-order valence-corrected chi connectivity index (χ1v) is 4.97. The highest BCUT2D eigenvalue weighted by molar-refractivity contribution is 5.71. The summed E-state index contributed by atoms with van der Waals surface area (Å²) in [6, 6.07) is 4.94. The predicted molar refractivity (Wildman–Crippen MR) is 61.7 cm³/mol. The molecule has 3 nitrogen and oxygen atoms in total. The number of rotatable bonds is 2. The van der Waals surface area contributed by atoms with Crippen LogP contribution in [-0.2, 0) is 0 Å². The Morgan fingerprint density at radius 3 is 2.69 bits per heavy atom. The highest BCUT2D eigenvalue weighted by Gasteiger charge is 2.11. The van der Waals surface area contributed by atoms with Crippen LogP contribution in [0.2, 0.25) is 0 Å². The molecule has 0 aliphatic carbocycles. The largest absolute Gasteiger partial charge is 0.371 e. The predicted octanol–water partition coefficient (Wildman–Crippen LogP) is 2.63. The molecule has 0 aliphatic heterocycles. The van der Waals surface area contributed by atoms with E-state index in [4.69, 9.17) is 0 Å². The van der Waals surface area contributed by atoms with Crippen molar-refractivity contribution in [1.29, 1.82) is 0 Å². The Kier molecular flexibility index (Phi) is 2.81. The Balaban J connectivity index is 2.62. The van der Waals surface area contributed by atoms with Gasteiger partial charge in [-0.25, -0.2) is 9.37 Å². The van der Waals surface area contributed by atoms with Crippen LogP contribution >= 0.6 is 0 Å². The number of anilines is 1. The van der Waals surface area contributed by atoms with Gasteiger partial charge < -0.3 is 5.32 Å². The summed E-state index contributed by atoms with van der Waals surface area (Å²) in [6.07, 6.45) is 3.13. The van der Waals surface area contributed by atoms with Crippen LogP contribution in [0.4, 0.5) is 10.2 Å². The fourth-order valence-corrected chi connectivity index (χ4v) is 1.54. The summed E-state index contributed by atoms with van der Waals surface area (Å²) in [5, 5.41) is 2.90. The Labute approximate surface area is 93.4 Å². The molecule has 0 amide bonds. The van der Waals surface area contributed by atoms with Crippen molar-refractivity contribution in [2.45, 2.75) is 6.92 Å². The number of benzene rings is 1. The maximum absolute atomic E-state index is 13.7. The van der Waals surface area contributed by atoms with Crippen LogP contribution in [-0.4, -0.2) is 17.0 Å². The maximum Gasteiger partial charge on any atom is 0.152 e. The number of hydrogen-bond donors (Lipinski definition) is 1. The number of aromatic nitrogens is 2. The van der Waals surface area contributed by atoms with Crippen molar-refractivity contribution in [1.82, 2.24) is 9.97 Å². The molecule has 1 aromatic carbocycles. The SMILES string of the molecule is CNc1nccnc1-c1cc(C)ccc1F. The van der Waals surface area contributed by atoms with Gasteiger partial charge in [-0.2, -0.15) is 0 Å². The molecular weight excluding hydrogens is 205 g/mol. The number of hydrogen-bond acceptors (Lipinski definition) is 3. The van der Waals surface area contributed by atoms with E-state index in [-0.39, 0.29) is 5.82 Å². The summed E-state index contributed by atoms with van der Waals surface area (Å²) < 4.78 is 13.7. The fraction of sp³-hybridized carbons (Fsp3) is 0.167. The van der Waals surface area contributed by atoms with Gasteiger partial charge in [0.15, 0.2) is 5.82 Å². The van der Waals surface area contributed by atoms with Crippen molar-refractivity contribution >= 4 is 5.82 Å². The smallest absolute Gasteiger partial charge is 0.152 e. The molecule has 0 saturated heterocycles. The first-order chi connectivity index (χ1) is 7.72. The van der Waals surface area contributed by atoms with Gasteiger partial charge in [0.05, 0.1) is 0 Å². The zero-order valence-electron chi connectivity index (χ0n) is 9.16. The van der Waals surface area contributed by atoms with E-state index in [2.05, 4.69) is 15.3 Å². The molecule has 1 heterocycles. The minimum Gasteiger partial charge on any atom is -0.371 e. The second-order valence-corrected chi connectivity index (χ2v) is 3.49. The van der Waals surface area contributed by atoms with Crippen molar-refractivity contribution < 1.29 is 4.39 Å². The summed E-state index contributed by atoms with van der Waals surface area (Å²) in [7, 11) is 1.74. The van der Waals surface area contributed by atoms with E-state index in [9.17, 15) is 4.39 Å². The molecule has 0 bridgehead atoms. The molecule has 1 N–H and O–H groups in total. The van der Waals surface area contributed by atoms with Crippen molar-refractivity contribution in [3.63, 3.8) is 0 Å². The number of nitrogens with zero attached hydrogens (tertiary/aromatic N) is 2. The second kappa shape index (κ2) is 4.26. The lowest BCUT2D eigenvalue weighted by molar-refractivity contribution is 0.630. The summed E-state index contributed by atoms with van der Waals surface area (Å²) in [6.45, 7) is 1.92. The van der Waals surface area contributed by atoms with Gasteiger partial charge in [-0.1, -0.05) is 11.6 Å². The molecule has 16 heavy (non-hydrogen) atoms. The van der Waals surface area contributed by atoms with E-state index in [0.717, 1.165) is 5.56 Å². The lowest BCUT2D eigenvalue weighted by atomic mass is 10.1. The van der Waals surface area contributed by atoms with E-state index in [1.54, 1.807) is 31.6 Å². The molecule has 0 unspecified atom stereocenters. The zero-order chi connectivity index (χ0) is 11.5. The quantitative estimate of drug-likeness (QED) is 0.840. The Morgan fingerprint density at radius 1 is 1.19 bits per heavy atom. The zero-order valence-corrected chi connectivity index (χ0v) is 9.16. The van der Waals surface area contributed by atoms with E-state index < -0.39 is 0 Å². The van der Waals surface area contributed by atoms with Crippen LogP contribution in [0.5, 0.6) is 0 Å². The van der Waals surface area contributed by atoms with Gasteiger partial charge >= 0.3 is 0 Å². The van der Waals surface area contributed by atoms with Gasteiger partial charge in [-0.05, 0) is 19.1 Å². The monoisotopic (exact) mass is 217 g/mol. The highest BCUT2D eigenvalue weighted by atomic mass is 19.1. The molecule has 0 aliphatic rings. The molecule has 2 aromatic rings. The summed E-state index contributed by atoms with van der Waals surface area (Å²) in [5.41, 5.74) is 1.99. The van der Waals surface area contributed by atoms with Crippen LogP contribution in [0.25, 0.3) is 11.3 Å². The summed E-state index contributed by atoms with van der Waals surface area (Å²) >= 11 is 0. The van der Waals surface area contributed by atoms with Crippen molar-refractivity contribution in [3.8, 4) is 11.3 Å². The molecule has 1 aromatic heterocycles. The van der Waals surface area contributed by atoms with Gasteiger partial charge in [-0.15, -0.1) is 0 Å². The standard InChI is InChI=1S/C12H12FN3/c1-8-3-4-10(13)9(7-8)11-12(14-2)16-6-5-15-11/h3-7H,1-2H3,(H,14,16). The molecule has 2 rings (SSSR count). The van der Waals surface area contributed by atoms with Gasteiger partial charge in [-0.3, -0.25) is 4.98 Å². The summed E-state index contributed by atoms with van der Waals surface area (Å²) in [4.78, 5) is 8.26. The maximum atomic E-state index is 13.7. The normalized spacial score (nSPS) is 10.2. The van der Waals surface area contributed by atoms with Crippen LogP contribution in [0, 0.1) is 12.7 Å². The molecule has 0 radical (unpaired) electrons. The summed E-state index contributed by atoms with van der Waals surface area (Å²) in [5.74, 6) is 0.287. The van der Waals surface area contributed by atoms with Gasteiger partial charge in [0.2, 0.25) is 0 Å². The molecule has 0 fully saturated rings. The average molecular weight is 217 g/mol. The first-order valence-electron chi connectivity index (χ1n) is 4.97. The van der Waals surface area contributed by atoms with E-state index in [1.165, 1.54) is 6.07 Å². The van der Waals surface area contributed by atoms with E-state index >= 15 is 0 Å². The topological polar surface area (TPSA) is 37.8 Å². The number of nitrogens with one attached hydrogen (secondary N) is 1. The molecule has 0 spiro atoms. The Bertz CT molecular complexity index is 511. The third-order valence-corrected chi connectivity index (χ3v) is 2.31. The third-order valence-electron chi connectivity index (χ3n) is 2.31. The number of aryl methyl sites for hydroxylation is 1. The molecule has 0 atom stereocenters. The lowest BCUT2D eigenvalue weighted by Crippen LogP contribution is -1.99. The van der Waals surface area contributed by atoms with Gasteiger partial charge in [0.25, 0.3) is 0 Å². The lowest BCUT2D eigenvalue weighted by Gasteiger charge is -2.08. The van der Waals surface area contributed by atoms with Crippen LogP contribution < -0.4 is 5.32 Å². The highest BCUT2D eigenvalue weighted by Crippen LogP contribution is 2.26. The fourth-order valence-electron chi connectivity index (χ4n) is 1.54. The second-order valence-electron chi connectivity index (χ2n) is 3.49. The van der Waals surface area contributed by atoms with Gasteiger partial charge in [0, 0.05) is 25.0 Å². The van der Waals surface area contributed by atoms with E-state index in [0.29, 0.717) is 17.1 Å². The van der Waals surface area contributed by atoms with Crippen LogP contribution in [0.3, 0.4) is 0 Å². The van der Waals surface area contributed by atoms with Crippen molar-refractivity contribution in [3.05, 3.63) is 42.0 Å².